The monoisotopic (exact) mass is 273 g/mol. The van der Waals surface area contributed by atoms with Crippen LogP contribution in [0.1, 0.15) is 45.1 Å². The first-order chi connectivity index (χ1) is 9.41. The fourth-order valence-corrected chi connectivity index (χ4v) is 2.64. The highest BCUT2D eigenvalue weighted by Gasteiger charge is 2.28. The van der Waals surface area contributed by atoms with Crippen molar-refractivity contribution in [2.24, 2.45) is 5.41 Å². The fourth-order valence-electron chi connectivity index (χ4n) is 2.64. The minimum atomic E-state index is -0.435. The van der Waals surface area contributed by atoms with Gasteiger partial charge in [0.2, 0.25) is 0 Å². The van der Waals surface area contributed by atoms with Crippen LogP contribution in [-0.4, -0.2) is 11.0 Å². The van der Waals surface area contributed by atoms with Gasteiger partial charge in [0.1, 0.15) is 5.69 Å². The molecule has 0 aliphatic heterocycles. The van der Waals surface area contributed by atoms with Gasteiger partial charge in [-0.2, -0.15) is 5.26 Å². The number of nitrogens with one attached hydrogen (secondary N) is 1. The summed E-state index contributed by atoms with van der Waals surface area (Å²) in [6.45, 7) is 4.51. The molecule has 1 fully saturated rings. The van der Waals surface area contributed by atoms with Crippen LogP contribution in [0.3, 0.4) is 0 Å². The van der Waals surface area contributed by atoms with Gasteiger partial charge in [-0.1, -0.05) is 13.8 Å². The first kappa shape index (κ1) is 14.3. The van der Waals surface area contributed by atoms with E-state index in [1.165, 1.54) is 6.07 Å². The number of anilines is 1. The van der Waals surface area contributed by atoms with Gasteiger partial charge in [0.25, 0.3) is 5.69 Å². The molecule has 1 aliphatic carbocycles. The molecule has 1 saturated carbocycles. The van der Waals surface area contributed by atoms with Gasteiger partial charge in [0.15, 0.2) is 0 Å². The largest absolute Gasteiger partial charge is 0.377 e. The molecule has 0 atom stereocenters. The molecule has 5 nitrogen and oxygen atoms in total. The highest BCUT2D eigenvalue weighted by Crippen LogP contribution is 2.37. The topological polar surface area (TPSA) is 79.0 Å². The quantitative estimate of drug-likeness (QED) is 0.670. The lowest BCUT2D eigenvalue weighted by atomic mass is 9.75. The number of nitro groups is 1. The van der Waals surface area contributed by atoms with Crippen molar-refractivity contribution in [1.82, 2.24) is 0 Å². The highest BCUT2D eigenvalue weighted by molar-refractivity contribution is 5.64. The van der Waals surface area contributed by atoms with Crippen LogP contribution in [0.2, 0.25) is 0 Å². The highest BCUT2D eigenvalue weighted by atomic mass is 16.6. The van der Waals surface area contributed by atoms with E-state index in [0.29, 0.717) is 16.7 Å². The molecule has 1 N–H and O–H groups in total. The number of hydrogen-bond donors (Lipinski definition) is 1. The Kier molecular flexibility index (Phi) is 3.93. The van der Waals surface area contributed by atoms with E-state index in [1.54, 1.807) is 12.1 Å². The summed E-state index contributed by atoms with van der Waals surface area (Å²) in [6.07, 6.45) is 4.28. The number of nitriles is 1. The summed E-state index contributed by atoms with van der Waals surface area (Å²) in [5.74, 6) is 0. The average Bonchev–Trinajstić information content (AvgIpc) is 2.41. The molecule has 5 heteroatoms. The van der Waals surface area contributed by atoms with E-state index in [4.69, 9.17) is 5.26 Å². The minimum Gasteiger partial charge on any atom is -0.377 e. The number of benzene rings is 1. The Balaban J connectivity index is 2.14. The fraction of sp³-hybridized carbons (Fsp3) is 0.533. The second-order valence-electron chi connectivity index (χ2n) is 6.18. The van der Waals surface area contributed by atoms with Crippen LogP contribution < -0.4 is 5.32 Å². The average molecular weight is 273 g/mol. The van der Waals surface area contributed by atoms with E-state index in [0.717, 1.165) is 25.7 Å². The van der Waals surface area contributed by atoms with Gasteiger partial charge in [-0.15, -0.1) is 0 Å². The Bertz CT molecular complexity index is 551. The van der Waals surface area contributed by atoms with E-state index >= 15 is 0 Å². The van der Waals surface area contributed by atoms with E-state index in [9.17, 15) is 10.1 Å². The zero-order valence-electron chi connectivity index (χ0n) is 11.8. The van der Waals surface area contributed by atoms with E-state index in [1.807, 2.05) is 6.07 Å². The number of rotatable bonds is 3. The Morgan fingerprint density at radius 1 is 1.40 bits per heavy atom. The summed E-state index contributed by atoms with van der Waals surface area (Å²) < 4.78 is 0. The lowest BCUT2D eigenvalue weighted by Gasteiger charge is -2.34. The lowest BCUT2D eigenvalue weighted by Crippen LogP contribution is -2.30. The summed E-state index contributed by atoms with van der Waals surface area (Å²) in [5.41, 5.74) is 1.18. The van der Waals surface area contributed by atoms with Crippen molar-refractivity contribution in [2.45, 2.75) is 45.6 Å². The molecular formula is C15H19N3O2. The van der Waals surface area contributed by atoms with Gasteiger partial charge in [0, 0.05) is 12.1 Å². The van der Waals surface area contributed by atoms with Crippen molar-refractivity contribution in [2.75, 3.05) is 5.32 Å². The van der Waals surface area contributed by atoms with Gasteiger partial charge in [-0.3, -0.25) is 10.1 Å². The summed E-state index contributed by atoms with van der Waals surface area (Å²) in [4.78, 5) is 10.7. The second-order valence-corrected chi connectivity index (χ2v) is 6.18. The summed E-state index contributed by atoms with van der Waals surface area (Å²) in [7, 11) is 0. The third kappa shape index (κ3) is 3.27. The summed E-state index contributed by atoms with van der Waals surface area (Å²) >= 11 is 0. The molecular weight excluding hydrogens is 254 g/mol. The molecule has 0 heterocycles. The zero-order valence-corrected chi connectivity index (χ0v) is 11.8. The molecule has 0 amide bonds. The smallest absolute Gasteiger partial charge is 0.293 e. The van der Waals surface area contributed by atoms with Crippen molar-refractivity contribution < 1.29 is 4.92 Å². The molecule has 0 saturated heterocycles. The third-order valence-electron chi connectivity index (χ3n) is 4.02. The first-order valence-electron chi connectivity index (χ1n) is 6.86. The number of nitrogens with zero attached hydrogens (tertiary/aromatic N) is 2. The maximum absolute atomic E-state index is 11.1. The third-order valence-corrected chi connectivity index (χ3v) is 4.02. The Labute approximate surface area is 118 Å². The van der Waals surface area contributed by atoms with Crippen molar-refractivity contribution >= 4 is 11.4 Å². The molecule has 2 rings (SSSR count). The van der Waals surface area contributed by atoms with Crippen LogP contribution in [0.5, 0.6) is 0 Å². The molecule has 106 valence electrons. The number of hydrogen-bond acceptors (Lipinski definition) is 4. The minimum absolute atomic E-state index is 0.0196. The van der Waals surface area contributed by atoms with Crippen LogP contribution in [0.25, 0.3) is 0 Å². The van der Waals surface area contributed by atoms with Gasteiger partial charge in [-0.05, 0) is 43.2 Å². The van der Waals surface area contributed by atoms with Gasteiger partial charge in [0.05, 0.1) is 16.6 Å². The summed E-state index contributed by atoms with van der Waals surface area (Å²) in [5, 5.41) is 23.2. The molecule has 1 aliphatic rings. The second kappa shape index (κ2) is 5.49. The molecule has 1 aromatic carbocycles. The predicted octanol–water partition coefficient (Wildman–Crippen LogP) is 3.85. The SMILES string of the molecule is CC1(C)CCC(Nc2ccc(C#N)cc2[N+](=O)[O-])CC1. The zero-order chi connectivity index (χ0) is 14.8. The maximum atomic E-state index is 11.1. The van der Waals surface area contributed by atoms with Crippen LogP contribution in [0, 0.1) is 26.9 Å². The molecule has 20 heavy (non-hydrogen) atoms. The molecule has 0 radical (unpaired) electrons. The van der Waals surface area contributed by atoms with Crippen molar-refractivity contribution in [3.63, 3.8) is 0 Å². The van der Waals surface area contributed by atoms with E-state index in [-0.39, 0.29) is 11.7 Å². The molecule has 0 unspecified atom stereocenters. The molecule has 1 aromatic rings. The Morgan fingerprint density at radius 3 is 2.60 bits per heavy atom. The van der Waals surface area contributed by atoms with Gasteiger partial charge in [-0.25, -0.2) is 0 Å². The van der Waals surface area contributed by atoms with Gasteiger partial charge < -0.3 is 5.32 Å². The van der Waals surface area contributed by atoms with Crippen LogP contribution in [-0.2, 0) is 0 Å². The van der Waals surface area contributed by atoms with Gasteiger partial charge >= 0.3 is 0 Å². The summed E-state index contributed by atoms with van der Waals surface area (Å²) in [6, 6.07) is 6.78. The molecule has 0 spiro atoms. The predicted molar refractivity (Wildman–Crippen MR) is 77.5 cm³/mol. The van der Waals surface area contributed by atoms with Crippen molar-refractivity contribution in [1.29, 1.82) is 5.26 Å². The normalized spacial score (nSPS) is 18.2. The maximum Gasteiger partial charge on any atom is 0.293 e. The van der Waals surface area contributed by atoms with E-state index in [2.05, 4.69) is 19.2 Å². The van der Waals surface area contributed by atoms with Crippen molar-refractivity contribution in [3.8, 4) is 6.07 Å². The number of nitro benzene ring substituents is 1. The molecule has 0 aromatic heterocycles. The Hall–Kier alpha value is -2.09. The van der Waals surface area contributed by atoms with Crippen LogP contribution >= 0.6 is 0 Å². The lowest BCUT2D eigenvalue weighted by molar-refractivity contribution is -0.384. The van der Waals surface area contributed by atoms with Crippen LogP contribution in [0.15, 0.2) is 18.2 Å². The standard InChI is InChI=1S/C15H19N3O2/c1-15(2)7-5-12(6-8-15)17-13-4-3-11(10-16)9-14(13)18(19)20/h3-4,9,12,17H,5-8H2,1-2H3. The Morgan fingerprint density at radius 2 is 2.05 bits per heavy atom. The molecule has 0 bridgehead atoms. The van der Waals surface area contributed by atoms with Crippen LogP contribution in [0.4, 0.5) is 11.4 Å². The first-order valence-corrected chi connectivity index (χ1v) is 6.86. The van der Waals surface area contributed by atoms with E-state index < -0.39 is 4.92 Å². The van der Waals surface area contributed by atoms with Crippen molar-refractivity contribution in [3.05, 3.63) is 33.9 Å².